The number of rotatable bonds is 1. The lowest BCUT2D eigenvalue weighted by Crippen LogP contribution is -2.32. The molecule has 2 aromatic rings. The average Bonchev–Trinajstić information content (AvgIpc) is 2.45. The van der Waals surface area contributed by atoms with Crippen LogP contribution in [0, 0.1) is 13.8 Å². The van der Waals surface area contributed by atoms with E-state index in [1.54, 1.807) is 0 Å². The van der Waals surface area contributed by atoms with Gasteiger partial charge in [-0.3, -0.25) is 0 Å². The monoisotopic (exact) mass is 295 g/mol. The van der Waals surface area contributed by atoms with Crippen LogP contribution in [0.3, 0.4) is 0 Å². The highest BCUT2D eigenvalue weighted by Crippen LogP contribution is 2.33. The predicted molar refractivity (Wildman–Crippen MR) is 92.7 cm³/mol. The molecular formula is C20H25NO. The van der Waals surface area contributed by atoms with Crippen molar-refractivity contribution >= 4 is 5.69 Å². The molecule has 0 N–H and O–H groups in total. The highest BCUT2D eigenvalue weighted by Gasteiger charge is 2.22. The summed E-state index contributed by atoms with van der Waals surface area (Å²) >= 11 is 0. The predicted octanol–water partition coefficient (Wildman–Crippen LogP) is 4.96. The summed E-state index contributed by atoms with van der Waals surface area (Å²) < 4.78 is 5.97. The second kappa shape index (κ2) is 5.35. The molecule has 0 spiro atoms. The quantitative estimate of drug-likeness (QED) is 0.737. The van der Waals surface area contributed by atoms with Gasteiger partial charge in [0.15, 0.2) is 6.73 Å². The molecule has 0 saturated heterocycles. The van der Waals surface area contributed by atoms with Crippen LogP contribution >= 0.6 is 0 Å². The summed E-state index contributed by atoms with van der Waals surface area (Å²) in [5, 5.41) is 0. The molecule has 1 heterocycles. The summed E-state index contributed by atoms with van der Waals surface area (Å²) in [6.07, 6.45) is 0. The zero-order chi connectivity index (χ0) is 15.9. The number of aryl methyl sites for hydroxylation is 2. The minimum absolute atomic E-state index is 0.164. The molecule has 1 aliphatic heterocycles. The van der Waals surface area contributed by atoms with Crippen LogP contribution in [0.25, 0.3) is 0 Å². The molecule has 0 amide bonds. The van der Waals surface area contributed by atoms with Gasteiger partial charge in [-0.05, 0) is 48.6 Å². The average molecular weight is 295 g/mol. The molecule has 22 heavy (non-hydrogen) atoms. The molecule has 2 heteroatoms. The van der Waals surface area contributed by atoms with Crippen molar-refractivity contribution in [1.29, 1.82) is 0 Å². The first-order chi connectivity index (χ1) is 10.3. The van der Waals surface area contributed by atoms with Gasteiger partial charge in [-0.2, -0.15) is 0 Å². The van der Waals surface area contributed by atoms with E-state index in [9.17, 15) is 0 Å². The molecular weight excluding hydrogens is 270 g/mol. The Hall–Kier alpha value is -1.96. The van der Waals surface area contributed by atoms with Gasteiger partial charge in [0.1, 0.15) is 5.75 Å². The highest BCUT2D eigenvalue weighted by atomic mass is 16.5. The Balaban J connectivity index is 1.92. The summed E-state index contributed by atoms with van der Waals surface area (Å²) in [6, 6.07) is 13.2. The molecule has 0 radical (unpaired) electrons. The van der Waals surface area contributed by atoms with E-state index in [0.29, 0.717) is 6.73 Å². The van der Waals surface area contributed by atoms with Gasteiger partial charge < -0.3 is 9.64 Å². The second-order valence-corrected chi connectivity index (χ2v) is 7.33. The number of ether oxygens (including phenoxy) is 1. The van der Waals surface area contributed by atoms with Crippen molar-refractivity contribution in [3.63, 3.8) is 0 Å². The van der Waals surface area contributed by atoms with Gasteiger partial charge in [0.2, 0.25) is 0 Å². The SMILES string of the molecule is Cc1ccc(N2COc3ccc(C(C)(C)C)cc3C2)c(C)c1. The molecule has 3 rings (SSSR count). The van der Waals surface area contributed by atoms with E-state index >= 15 is 0 Å². The number of fused-ring (bicyclic) bond motifs is 1. The number of anilines is 1. The lowest BCUT2D eigenvalue weighted by molar-refractivity contribution is 0.289. The third-order valence-electron chi connectivity index (χ3n) is 4.36. The summed E-state index contributed by atoms with van der Waals surface area (Å²) in [7, 11) is 0. The van der Waals surface area contributed by atoms with Crippen LogP contribution in [0.4, 0.5) is 5.69 Å². The summed E-state index contributed by atoms with van der Waals surface area (Å²) in [5.41, 5.74) is 6.67. The minimum Gasteiger partial charge on any atom is -0.473 e. The lowest BCUT2D eigenvalue weighted by atomic mass is 9.86. The van der Waals surface area contributed by atoms with E-state index < -0.39 is 0 Å². The Morgan fingerprint density at radius 1 is 1.00 bits per heavy atom. The van der Waals surface area contributed by atoms with Gasteiger partial charge >= 0.3 is 0 Å². The van der Waals surface area contributed by atoms with Gasteiger partial charge in [-0.1, -0.05) is 44.5 Å². The third kappa shape index (κ3) is 2.83. The maximum Gasteiger partial charge on any atom is 0.161 e. The van der Waals surface area contributed by atoms with Crippen molar-refractivity contribution < 1.29 is 4.74 Å². The van der Waals surface area contributed by atoms with Crippen LogP contribution in [-0.2, 0) is 12.0 Å². The molecule has 2 nitrogen and oxygen atoms in total. The van der Waals surface area contributed by atoms with E-state index in [0.717, 1.165) is 12.3 Å². The third-order valence-corrected chi connectivity index (χ3v) is 4.36. The first kappa shape index (κ1) is 15.0. The Bertz CT molecular complexity index is 697. The van der Waals surface area contributed by atoms with Gasteiger partial charge in [-0.25, -0.2) is 0 Å². The number of hydrogen-bond acceptors (Lipinski definition) is 2. The van der Waals surface area contributed by atoms with Crippen LogP contribution in [0.15, 0.2) is 36.4 Å². The van der Waals surface area contributed by atoms with Gasteiger partial charge in [0.25, 0.3) is 0 Å². The standard InChI is InChI=1S/C20H25NO/c1-14-6-8-18(15(2)10-14)21-12-16-11-17(20(3,4)5)7-9-19(16)22-13-21/h6-11H,12-13H2,1-5H3. The van der Waals surface area contributed by atoms with E-state index in [-0.39, 0.29) is 5.41 Å². The van der Waals surface area contributed by atoms with Gasteiger partial charge in [0.05, 0.1) is 0 Å². The zero-order valence-corrected chi connectivity index (χ0v) is 14.2. The molecule has 0 unspecified atom stereocenters. The molecule has 0 saturated carbocycles. The highest BCUT2D eigenvalue weighted by molar-refractivity contribution is 5.56. The van der Waals surface area contributed by atoms with Crippen LogP contribution in [0.5, 0.6) is 5.75 Å². The zero-order valence-electron chi connectivity index (χ0n) is 14.2. The summed E-state index contributed by atoms with van der Waals surface area (Å²) in [6.45, 7) is 12.6. The largest absolute Gasteiger partial charge is 0.473 e. The number of hydrogen-bond donors (Lipinski definition) is 0. The first-order valence-corrected chi connectivity index (χ1v) is 7.93. The molecule has 0 aliphatic carbocycles. The summed E-state index contributed by atoms with van der Waals surface area (Å²) in [5.74, 6) is 1.02. The fourth-order valence-electron chi connectivity index (χ4n) is 3.02. The number of benzene rings is 2. The van der Waals surface area contributed by atoms with E-state index in [1.807, 2.05) is 0 Å². The van der Waals surface area contributed by atoms with Crippen molar-refractivity contribution in [2.75, 3.05) is 11.6 Å². The Morgan fingerprint density at radius 2 is 1.77 bits per heavy atom. The van der Waals surface area contributed by atoms with Crippen molar-refractivity contribution in [2.45, 2.75) is 46.6 Å². The van der Waals surface area contributed by atoms with Gasteiger partial charge in [-0.15, -0.1) is 0 Å². The normalized spacial score (nSPS) is 14.5. The molecule has 0 atom stereocenters. The Labute approximate surface area is 133 Å². The maximum absolute atomic E-state index is 5.97. The van der Waals surface area contributed by atoms with Crippen molar-refractivity contribution in [1.82, 2.24) is 0 Å². The summed E-state index contributed by atoms with van der Waals surface area (Å²) in [4.78, 5) is 2.31. The maximum atomic E-state index is 5.97. The molecule has 0 bridgehead atoms. The molecule has 2 aromatic carbocycles. The second-order valence-electron chi connectivity index (χ2n) is 7.33. The number of nitrogens with zero attached hydrogens (tertiary/aromatic N) is 1. The Morgan fingerprint density at radius 3 is 2.45 bits per heavy atom. The smallest absolute Gasteiger partial charge is 0.161 e. The molecule has 0 aromatic heterocycles. The van der Waals surface area contributed by atoms with Gasteiger partial charge in [0, 0.05) is 17.8 Å². The molecule has 1 aliphatic rings. The van der Waals surface area contributed by atoms with E-state index in [1.165, 1.54) is 27.9 Å². The first-order valence-electron chi connectivity index (χ1n) is 7.93. The van der Waals surface area contributed by atoms with Crippen molar-refractivity contribution in [3.05, 3.63) is 58.7 Å². The van der Waals surface area contributed by atoms with Crippen LogP contribution in [-0.4, -0.2) is 6.73 Å². The van der Waals surface area contributed by atoms with Crippen LogP contribution in [0.1, 0.15) is 43.0 Å². The fourth-order valence-corrected chi connectivity index (χ4v) is 3.02. The van der Waals surface area contributed by atoms with Crippen LogP contribution < -0.4 is 9.64 Å². The van der Waals surface area contributed by atoms with E-state index in [2.05, 4.69) is 75.9 Å². The molecule has 116 valence electrons. The molecule has 0 fully saturated rings. The van der Waals surface area contributed by atoms with Crippen molar-refractivity contribution in [2.24, 2.45) is 0 Å². The topological polar surface area (TPSA) is 12.5 Å². The Kier molecular flexibility index (Phi) is 3.64. The van der Waals surface area contributed by atoms with E-state index in [4.69, 9.17) is 4.74 Å². The lowest BCUT2D eigenvalue weighted by Gasteiger charge is -2.33. The fraction of sp³-hybridized carbons (Fsp3) is 0.400. The van der Waals surface area contributed by atoms with Crippen LogP contribution in [0.2, 0.25) is 0 Å². The van der Waals surface area contributed by atoms with Crippen molar-refractivity contribution in [3.8, 4) is 5.75 Å². The minimum atomic E-state index is 0.164.